The van der Waals surface area contributed by atoms with Crippen LogP contribution in [0.1, 0.15) is 50.2 Å². The fourth-order valence-corrected chi connectivity index (χ4v) is 2.25. The first-order valence-corrected chi connectivity index (χ1v) is 6.45. The van der Waals surface area contributed by atoms with Gasteiger partial charge in [0.2, 0.25) is 0 Å². The van der Waals surface area contributed by atoms with Crippen molar-refractivity contribution in [2.24, 2.45) is 0 Å². The maximum absolute atomic E-state index is 11.1. The van der Waals surface area contributed by atoms with Crippen LogP contribution >= 0.6 is 0 Å². The molecule has 0 fully saturated rings. The Kier molecular flexibility index (Phi) is 5.20. The maximum Gasteiger partial charge on any atom is 0.309 e. The molecule has 0 saturated carbocycles. The fraction of sp³-hybridized carbons (Fsp3) is 0.533. The van der Waals surface area contributed by atoms with Crippen molar-refractivity contribution in [2.45, 2.75) is 46.6 Å². The molecular weight excluding hydrogens is 226 g/mol. The lowest BCUT2D eigenvalue weighted by atomic mass is 10.1. The van der Waals surface area contributed by atoms with E-state index < -0.39 is 0 Å². The minimum Gasteiger partial charge on any atom is -0.469 e. The Morgan fingerprint density at radius 1 is 1.50 bits per heavy atom. The molecule has 1 aromatic heterocycles. The van der Waals surface area contributed by atoms with Gasteiger partial charge in [-0.2, -0.15) is 0 Å². The van der Waals surface area contributed by atoms with Crippen LogP contribution in [0.25, 0.3) is 6.08 Å². The van der Waals surface area contributed by atoms with Crippen LogP contribution in [-0.4, -0.2) is 17.6 Å². The van der Waals surface area contributed by atoms with E-state index in [1.54, 1.807) is 0 Å². The minimum atomic E-state index is -0.205. The van der Waals surface area contributed by atoms with Crippen molar-refractivity contribution in [2.75, 3.05) is 7.11 Å². The van der Waals surface area contributed by atoms with Gasteiger partial charge in [-0.3, -0.25) is 4.79 Å². The molecule has 0 radical (unpaired) electrons. The number of nitrogens with zero attached hydrogens (tertiary/aromatic N) is 1. The number of aryl methyl sites for hydroxylation is 2. The Bertz CT molecular complexity index is 442. The summed E-state index contributed by atoms with van der Waals surface area (Å²) < 4.78 is 6.93. The molecule has 0 bridgehead atoms. The number of rotatable bonds is 5. The van der Waals surface area contributed by atoms with E-state index in [1.807, 2.05) is 12.2 Å². The molecule has 0 saturated heterocycles. The van der Waals surface area contributed by atoms with E-state index in [0.29, 0.717) is 12.5 Å². The van der Waals surface area contributed by atoms with Crippen LogP contribution in [0.5, 0.6) is 0 Å². The minimum absolute atomic E-state index is 0.205. The summed E-state index contributed by atoms with van der Waals surface area (Å²) in [5.41, 5.74) is 3.79. The van der Waals surface area contributed by atoms with Crippen molar-refractivity contribution >= 4 is 12.0 Å². The summed E-state index contributed by atoms with van der Waals surface area (Å²) >= 11 is 0. The zero-order valence-corrected chi connectivity index (χ0v) is 12.0. The van der Waals surface area contributed by atoms with E-state index in [0.717, 1.165) is 6.42 Å². The summed E-state index contributed by atoms with van der Waals surface area (Å²) in [7, 11) is 1.41. The van der Waals surface area contributed by atoms with Crippen LogP contribution in [-0.2, 0) is 16.0 Å². The lowest BCUT2D eigenvalue weighted by Crippen LogP contribution is -2.05. The summed E-state index contributed by atoms with van der Waals surface area (Å²) in [6, 6.07) is 2.64. The number of hydrogen-bond donors (Lipinski definition) is 0. The number of esters is 1. The second-order valence-corrected chi connectivity index (χ2v) is 4.70. The molecule has 0 aromatic carbocycles. The lowest BCUT2D eigenvalue weighted by molar-refractivity contribution is -0.139. The van der Waals surface area contributed by atoms with Gasteiger partial charge in [0.05, 0.1) is 13.5 Å². The molecule has 0 amide bonds. The van der Waals surface area contributed by atoms with Gasteiger partial charge in [-0.1, -0.05) is 13.0 Å². The van der Waals surface area contributed by atoms with Crippen molar-refractivity contribution in [1.82, 2.24) is 4.57 Å². The third kappa shape index (κ3) is 3.25. The molecule has 0 aliphatic carbocycles. The van der Waals surface area contributed by atoms with Gasteiger partial charge in [0.25, 0.3) is 0 Å². The van der Waals surface area contributed by atoms with Gasteiger partial charge in [-0.15, -0.1) is 0 Å². The second-order valence-electron chi connectivity index (χ2n) is 4.70. The Hall–Kier alpha value is -1.51. The average molecular weight is 249 g/mol. The fourth-order valence-electron chi connectivity index (χ4n) is 2.25. The molecule has 0 unspecified atom stereocenters. The molecule has 1 aromatic rings. The Labute approximate surface area is 109 Å². The highest BCUT2D eigenvalue weighted by Gasteiger charge is 2.11. The molecule has 0 aliphatic rings. The topological polar surface area (TPSA) is 31.2 Å². The molecule has 100 valence electrons. The van der Waals surface area contributed by atoms with Gasteiger partial charge in [0.1, 0.15) is 0 Å². The largest absolute Gasteiger partial charge is 0.469 e. The molecule has 1 heterocycles. The molecule has 3 heteroatoms. The predicted molar refractivity (Wildman–Crippen MR) is 74.6 cm³/mol. The third-order valence-corrected chi connectivity index (χ3v) is 3.04. The quantitative estimate of drug-likeness (QED) is 0.748. The maximum atomic E-state index is 11.1. The first-order chi connectivity index (χ1) is 8.51. The summed E-state index contributed by atoms with van der Waals surface area (Å²) in [6.07, 6.45) is 5.22. The third-order valence-electron chi connectivity index (χ3n) is 3.04. The predicted octanol–water partition coefficient (Wildman–Crippen LogP) is 3.52. The summed E-state index contributed by atoms with van der Waals surface area (Å²) in [5, 5.41) is 0. The lowest BCUT2D eigenvalue weighted by Gasteiger charge is -2.14. The van der Waals surface area contributed by atoms with Gasteiger partial charge < -0.3 is 9.30 Å². The first-order valence-electron chi connectivity index (χ1n) is 6.45. The van der Waals surface area contributed by atoms with Crippen molar-refractivity contribution in [1.29, 1.82) is 0 Å². The van der Waals surface area contributed by atoms with E-state index in [2.05, 4.69) is 43.1 Å². The zero-order chi connectivity index (χ0) is 13.7. The molecular formula is C15H23NO2. The molecule has 0 aliphatic heterocycles. The highest BCUT2D eigenvalue weighted by molar-refractivity contribution is 5.72. The molecule has 0 atom stereocenters. The van der Waals surface area contributed by atoms with Crippen molar-refractivity contribution < 1.29 is 9.53 Å². The van der Waals surface area contributed by atoms with Crippen molar-refractivity contribution in [3.05, 3.63) is 29.1 Å². The van der Waals surface area contributed by atoms with Gasteiger partial charge in [0.15, 0.2) is 0 Å². The number of aromatic nitrogens is 1. The number of methoxy groups -OCH3 is 1. The van der Waals surface area contributed by atoms with Gasteiger partial charge in [-0.05, 0) is 44.9 Å². The summed E-state index contributed by atoms with van der Waals surface area (Å²) in [5.74, 6) is -0.205. The number of carbonyl (C=O) groups is 1. The van der Waals surface area contributed by atoms with Crippen LogP contribution < -0.4 is 0 Å². The SMILES string of the molecule is CCc1cc(C)n(C(C)C)c1/C=C/CC(=O)OC. The number of hydrogen-bond acceptors (Lipinski definition) is 2. The highest BCUT2D eigenvalue weighted by atomic mass is 16.5. The number of carbonyl (C=O) groups excluding carboxylic acids is 1. The van der Waals surface area contributed by atoms with Crippen LogP contribution in [0.15, 0.2) is 12.1 Å². The normalized spacial score (nSPS) is 11.4. The highest BCUT2D eigenvalue weighted by Crippen LogP contribution is 2.22. The monoisotopic (exact) mass is 249 g/mol. The van der Waals surface area contributed by atoms with E-state index >= 15 is 0 Å². The number of ether oxygens (including phenoxy) is 1. The summed E-state index contributed by atoms with van der Waals surface area (Å²) in [4.78, 5) is 11.1. The first kappa shape index (κ1) is 14.6. The van der Waals surface area contributed by atoms with Gasteiger partial charge in [0, 0.05) is 17.4 Å². The smallest absolute Gasteiger partial charge is 0.309 e. The second kappa shape index (κ2) is 6.43. The van der Waals surface area contributed by atoms with Gasteiger partial charge in [-0.25, -0.2) is 0 Å². The molecule has 1 rings (SSSR count). The Morgan fingerprint density at radius 3 is 2.67 bits per heavy atom. The van der Waals surface area contributed by atoms with Crippen LogP contribution in [0, 0.1) is 6.92 Å². The standard InChI is InChI=1S/C15H23NO2/c1-6-13-10-12(4)16(11(2)3)14(13)8-7-9-15(17)18-5/h7-8,10-11H,6,9H2,1-5H3/b8-7+. The average Bonchev–Trinajstić information content (AvgIpc) is 2.65. The van der Waals surface area contributed by atoms with Crippen LogP contribution in [0.4, 0.5) is 0 Å². The molecule has 0 spiro atoms. The van der Waals surface area contributed by atoms with E-state index in [-0.39, 0.29) is 5.97 Å². The zero-order valence-electron chi connectivity index (χ0n) is 12.0. The van der Waals surface area contributed by atoms with Crippen LogP contribution in [0.3, 0.4) is 0 Å². The van der Waals surface area contributed by atoms with Gasteiger partial charge >= 0.3 is 5.97 Å². The van der Waals surface area contributed by atoms with E-state index in [9.17, 15) is 4.79 Å². The molecule has 0 N–H and O–H groups in total. The van der Waals surface area contributed by atoms with E-state index in [1.165, 1.54) is 24.1 Å². The summed E-state index contributed by atoms with van der Waals surface area (Å²) in [6.45, 7) is 8.61. The van der Waals surface area contributed by atoms with Crippen molar-refractivity contribution in [3.8, 4) is 0 Å². The van der Waals surface area contributed by atoms with E-state index in [4.69, 9.17) is 0 Å². The molecule has 3 nitrogen and oxygen atoms in total. The van der Waals surface area contributed by atoms with Crippen LogP contribution in [0.2, 0.25) is 0 Å². The van der Waals surface area contributed by atoms with Crippen molar-refractivity contribution in [3.63, 3.8) is 0 Å². The molecule has 18 heavy (non-hydrogen) atoms. The Balaban J connectivity index is 3.02. The Morgan fingerprint density at radius 2 is 2.17 bits per heavy atom.